The van der Waals surface area contributed by atoms with E-state index in [9.17, 15) is 4.79 Å². The SMILES string of the molecule is CCCO.O=c1ccs[nH]1. The molecule has 1 aromatic heterocycles. The summed E-state index contributed by atoms with van der Waals surface area (Å²) in [4.78, 5) is 10.0. The van der Waals surface area contributed by atoms with Gasteiger partial charge >= 0.3 is 0 Å². The van der Waals surface area contributed by atoms with Crippen molar-refractivity contribution in [2.24, 2.45) is 0 Å². The maximum absolute atomic E-state index is 10.0. The standard InChI is InChI=1S/C3H3NOS.C3H8O/c5-3-1-2-6-4-3;1-2-3-4/h1-2H,(H,4,5);4H,2-3H2,1H3. The Morgan fingerprint density at radius 3 is 2.50 bits per heavy atom. The second-order valence-electron chi connectivity index (χ2n) is 1.61. The van der Waals surface area contributed by atoms with E-state index in [2.05, 4.69) is 4.37 Å². The highest BCUT2D eigenvalue weighted by Crippen LogP contribution is 1.77. The first-order valence-corrected chi connectivity index (χ1v) is 3.92. The largest absolute Gasteiger partial charge is 0.396 e. The van der Waals surface area contributed by atoms with Gasteiger partial charge in [0, 0.05) is 18.1 Å². The van der Waals surface area contributed by atoms with E-state index in [1.165, 1.54) is 17.6 Å². The highest BCUT2D eigenvalue weighted by atomic mass is 32.1. The third-order valence-electron chi connectivity index (χ3n) is 0.671. The van der Waals surface area contributed by atoms with Crippen LogP contribution in [0.3, 0.4) is 0 Å². The van der Waals surface area contributed by atoms with Gasteiger partial charge in [0.25, 0.3) is 5.56 Å². The number of rotatable bonds is 1. The van der Waals surface area contributed by atoms with Crippen LogP contribution in [0.5, 0.6) is 0 Å². The highest BCUT2D eigenvalue weighted by molar-refractivity contribution is 7.03. The van der Waals surface area contributed by atoms with Crippen molar-refractivity contribution in [1.29, 1.82) is 0 Å². The van der Waals surface area contributed by atoms with Crippen LogP contribution in [-0.4, -0.2) is 16.1 Å². The minimum absolute atomic E-state index is 0.0139. The van der Waals surface area contributed by atoms with Crippen molar-refractivity contribution in [1.82, 2.24) is 4.37 Å². The van der Waals surface area contributed by atoms with E-state index in [0.29, 0.717) is 6.61 Å². The van der Waals surface area contributed by atoms with Gasteiger partial charge in [0.1, 0.15) is 0 Å². The molecule has 0 aromatic carbocycles. The number of hydrogen-bond donors (Lipinski definition) is 2. The molecule has 0 aliphatic carbocycles. The Morgan fingerprint density at radius 1 is 1.80 bits per heavy atom. The Kier molecular flexibility index (Phi) is 6.11. The molecule has 0 atom stereocenters. The van der Waals surface area contributed by atoms with Gasteiger partial charge in [-0.3, -0.25) is 9.17 Å². The molecule has 2 N–H and O–H groups in total. The van der Waals surface area contributed by atoms with E-state index in [0.717, 1.165) is 6.42 Å². The minimum Gasteiger partial charge on any atom is -0.396 e. The van der Waals surface area contributed by atoms with Gasteiger partial charge in [-0.15, -0.1) is 0 Å². The molecule has 1 rings (SSSR count). The van der Waals surface area contributed by atoms with Crippen molar-refractivity contribution in [2.75, 3.05) is 6.61 Å². The molecule has 0 aliphatic heterocycles. The van der Waals surface area contributed by atoms with Crippen molar-refractivity contribution in [3.05, 3.63) is 21.8 Å². The monoisotopic (exact) mass is 161 g/mol. The molecule has 10 heavy (non-hydrogen) atoms. The highest BCUT2D eigenvalue weighted by Gasteiger charge is 1.72. The van der Waals surface area contributed by atoms with Crippen molar-refractivity contribution < 1.29 is 5.11 Å². The van der Waals surface area contributed by atoms with Crippen molar-refractivity contribution in [2.45, 2.75) is 13.3 Å². The second kappa shape index (κ2) is 6.51. The normalized spacial score (nSPS) is 8.20. The topological polar surface area (TPSA) is 53.1 Å². The lowest BCUT2D eigenvalue weighted by Crippen LogP contribution is -1.90. The summed E-state index contributed by atoms with van der Waals surface area (Å²) >= 11 is 1.30. The van der Waals surface area contributed by atoms with Gasteiger partial charge in [-0.1, -0.05) is 18.5 Å². The van der Waals surface area contributed by atoms with Crippen LogP contribution in [0.1, 0.15) is 13.3 Å². The fourth-order valence-electron chi connectivity index (χ4n) is 0.222. The van der Waals surface area contributed by atoms with Crippen LogP contribution >= 0.6 is 11.5 Å². The number of hydrogen-bond acceptors (Lipinski definition) is 3. The molecule has 58 valence electrons. The summed E-state index contributed by atoms with van der Waals surface area (Å²) in [5.41, 5.74) is -0.0139. The van der Waals surface area contributed by atoms with Crippen LogP contribution < -0.4 is 5.56 Å². The van der Waals surface area contributed by atoms with Gasteiger partial charge in [0.05, 0.1) is 0 Å². The van der Waals surface area contributed by atoms with E-state index in [-0.39, 0.29) is 5.56 Å². The number of aromatic nitrogens is 1. The third kappa shape index (κ3) is 5.53. The van der Waals surface area contributed by atoms with Gasteiger partial charge in [-0.05, 0) is 6.42 Å². The van der Waals surface area contributed by atoms with Gasteiger partial charge < -0.3 is 5.11 Å². The van der Waals surface area contributed by atoms with Gasteiger partial charge in [-0.25, -0.2) is 0 Å². The molecule has 0 aliphatic rings. The van der Waals surface area contributed by atoms with Crippen molar-refractivity contribution in [3.8, 4) is 0 Å². The average molecular weight is 161 g/mol. The smallest absolute Gasteiger partial charge is 0.257 e. The van der Waals surface area contributed by atoms with E-state index in [1.807, 2.05) is 6.92 Å². The van der Waals surface area contributed by atoms with E-state index < -0.39 is 0 Å². The van der Waals surface area contributed by atoms with Crippen LogP contribution in [-0.2, 0) is 0 Å². The zero-order valence-electron chi connectivity index (χ0n) is 5.83. The summed E-state index contributed by atoms with van der Waals surface area (Å²) in [6, 6.07) is 1.49. The zero-order chi connectivity index (χ0) is 7.82. The fraction of sp³-hybridized carbons (Fsp3) is 0.500. The Bertz CT molecular complexity index is 175. The van der Waals surface area contributed by atoms with Crippen molar-refractivity contribution >= 4 is 11.5 Å². The number of aromatic amines is 1. The van der Waals surface area contributed by atoms with Crippen LogP contribution in [0.4, 0.5) is 0 Å². The number of nitrogens with one attached hydrogen (secondary N) is 1. The van der Waals surface area contributed by atoms with Crippen LogP contribution in [0, 0.1) is 0 Å². The quantitative estimate of drug-likeness (QED) is 0.641. The Hall–Kier alpha value is -0.610. The first-order chi connectivity index (χ1) is 4.81. The Morgan fingerprint density at radius 2 is 2.40 bits per heavy atom. The molecular formula is C6H11NO2S. The molecule has 0 radical (unpaired) electrons. The van der Waals surface area contributed by atoms with Crippen molar-refractivity contribution in [3.63, 3.8) is 0 Å². The average Bonchev–Trinajstić information content (AvgIpc) is 2.40. The summed E-state index contributed by atoms with van der Waals surface area (Å²) in [6.07, 6.45) is 0.875. The van der Waals surface area contributed by atoms with Gasteiger partial charge in [-0.2, -0.15) is 0 Å². The molecule has 4 heteroatoms. The molecule has 0 saturated carbocycles. The van der Waals surface area contributed by atoms with E-state index in [4.69, 9.17) is 5.11 Å². The summed E-state index contributed by atoms with van der Waals surface area (Å²) in [7, 11) is 0. The summed E-state index contributed by atoms with van der Waals surface area (Å²) in [5, 5.41) is 9.59. The third-order valence-corrected chi connectivity index (χ3v) is 1.26. The predicted octanol–water partition coefficient (Wildman–Crippen LogP) is 0.825. The lowest BCUT2D eigenvalue weighted by molar-refractivity contribution is 0.295. The van der Waals surface area contributed by atoms with Crippen LogP contribution in [0.2, 0.25) is 0 Å². The first kappa shape index (κ1) is 9.39. The Labute approximate surface area is 63.5 Å². The molecule has 0 bridgehead atoms. The molecule has 0 unspecified atom stereocenters. The van der Waals surface area contributed by atoms with E-state index >= 15 is 0 Å². The van der Waals surface area contributed by atoms with Gasteiger partial charge in [0.15, 0.2) is 0 Å². The van der Waals surface area contributed by atoms with Crippen LogP contribution in [0.25, 0.3) is 0 Å². The lowest BCUT2D eigenvalue weighted by atomic mass is 10.5. The van der Waals surface area contributed by atoms with Crippen LogP contribution in [0.15, 0.2) is 16.2 Å². The molecule has 0 saturated heterocycles. The first-order valence-electron chi connectivity index (χ1n) is 3.04. The summed E-state index contributed by atoms with van der Waals surface area (Å²) in [6.45, 7) is 2.25. The maximum atomic E-state index is 10.0. The predicted molar refractivity (Wildman–Crippen MR) is 42.3 cm³/mol. The zero-order valence-corrected chi connectivity index (χ0v) is 6.65. The second-order valence-corrected chi connectivity index (χ2v) is 2.32. The number of aliphatic hydroxyl groups excluding tert-OH is 1. The number of aliphatic hydroxyl groups is 1. The molecule has 0 spiro atoms. The molecule has 0 amide bonds. The molecule has 0 fully saturated rings. The Balaban J connectivity index is 0.000000180. The molecule has 1 aromatic rings. The number of H-pyrrole nitrogens is 1. The molecule has 3 nitrogen and oxygen atoms in total. The lowest BCUT2D eigenvalue weighted by Gasteiger charge is -1.69. The molecular weight excluding hydrogens is 150 g/mol. The fourth-order valence-corrected chi connectivity index (χ4v) is 0.666. The van der Waals surface area contributed by atoms with E-state index in [1.54, 1.807) is 5.38 Å². The summed E-state index contributed by atoms with van der Waals surface area (Å²) in [5.74, 6) is 0. The molecule has 1 heterocycles. The van der Waals surface area contributed by atoms with Gasteiger partial charge in [0.2, 0.25) is 0 Å². The maximum Gasteiger partial charge on any atom is 0.257 e. The minimum atomic E-state index is -0.0139. The summed E-state index contributed by atoms with van der Waals surface area (Å²) < 4.78 is 2.49.